The van der Waals surface area contributed by atoms with Crippen LogP contribution in [0.3, 0.4) is 0 Å². The van der Waals surface area contributed by atoms with E-state index < -0.39 is 5.54 Å². The van der Waals surface area contributed by atoms with Gasteiger partial charge in [0.15, 0.2) is 0 Å². The lowest BCUT2D eigenvalue weighted by Crippen LogP contribution is -2.50. The summed E-state index contributed by atoms with van der Waals surface area (Å²) in [5.41, 5.74) is -0.701. The summed E-state index contributed by atoms with van der Waals surface area (Å²) in [7, 11) is 0. The Labute approximate surface area is 106 Å². The number of hydrogen-bond donors (Lipinski definition) is 2. The first-order valence-electron chi connectivity index (χ1n) is 5.57. The Hall–Kier alpha value is -1.36. The van der Waals surface area contributed by atoms with Crippen molar-refractivity contribution in [1.82, 2.24) is 15.3 Å². The number of halogens is 1. The van der Waals surface area contributed by atoms with Gasteiger partial charge in [-0.25, -0.2) is 9.97 Å². The predicted octanol–water partition coefficient (Wildman–Crippen LogP) is 1.85. The molecule has 17 heavy (non-hydrogen) atoms. The van der Waals surface area contributed by atoms with E-state index in [9.17, 15) is 4.79 Å². The first-order valence-corrected chi connectivity index (χ1v) is 5.94. The van der Waals surface area contributed by atoms with E-state index in [-0.39, 0.29) is 11.2 Å². The average molecular weight is 257 g/mol. The monoisotopic (exact) mass is 256 g/mol. The average Bonchev–Trinajstić information content (AvgIpc) is 2.29. The second-order valence-corrected chi connectivity index (χ2v) is 4.22. The Morgan fingerprint density at radius 3 is 2.76 bits per heavy atom. The standard InChI is InChI=1S/C11H17ClN4O/c1-4-11(3,9(17)13-5-2)16-8-6-7-14-10(12)15-8/h6-7H,4-5H2,1-3H3,(H,13,17)(H,14,15,16)/t11-/m1/s1. The molecule has 0 bridgehead atoms. The summed E-state index contributed by atoms with van der Waals surface area (Å²) in [6.07, 6.45) is 2.19. The molecule has 0 unspecified atom stereocenters. The first kappa shape index (κ1) is 13.7. The minimum atomic E-state index is -0.701. The van der Waals surface area contributed by atoms with Gasteiger partial charge in [0.05, 0.1) is 0 Å². The van der Waals surface area contributed by atoms with E-state index in [1.165, 1.54) is 0 Å². The third-order valence-electron chi connectivity index (χ3n) is 2.58. The highest BCUT2D eigenvalue weighted by Crippen LogP contribution is 2.17. The number of aromatic nitrogens is 2. The number of likely N-dealkylation sites (N-methyl/N-ethyl adjacent to an activating group) is 1. The molecular weight excluding hydrogens is 240 g/mol. The highest BCUT2D eigenvalue weighted by molar-refractivity contribution is 6.28. The molecule has 0 saturated heterocycles. The number of nitrogens with zero attached hydrogens (tertiary/aromatic N) is 2. The third-order valence-corrected chi connectivity index (χ3v) is 2.76. The number of carbonyl (C=O) groups excluding carboxylic acids is 1. The van der Waals surface area contributed by atoms with Crippen molar-refractivity contribution in [1.29, 1.82) is 0 Å². The van der Waals surface area contributed by atoms with Gasteiger partial charge >= 0.3 is 0 Å². The van der Waals surface area contributed by atoms with Gasteiger partial charge in [0.25, 0.3) is 0 Å². The molecular formula is C11H17ClN4O. The van der Waals surface area contributed by atoms with Crippen LogP contribution in [0, 0.1) is 0 Å². The molecule has 94 valence electrons. The summed E-state index contributed by atoms with van der Waals surface area (Å²) < 4.78 is 0. The van der Waals surface area contributed by atoms with Crippen LogP contribution in [0.1, 0.15) is 27.2 Å². The highest BCUT2D eigenvalue weighted by atomic mass is 35.5. The van der Waals surface area contributed by atoms with Crippen LogP contribution in [-0.4, -0.2) is 28.0 Å². The topological polar surface area (TPSA) is 66.9 Å². The zero-order chi connectivity index (χ0) is 12.9. The maximum absolute atomic E-state index is 11.9. The molecule has 0 aliphatic heterocycles. The summed E-state index contributed by atoms with van der Waals surface area (Å²) in [5.74, 6) is 0.484. The first-order chi connectivity index (χ1) is 8.01. The molecule has 0 aliphatic carbocycles. The molecule has 2 N–H and O–H groups in total. The van der Waals surface area contributed by atoms with Gasteiger partial charge in [-0.05, 0) is 37.9 Å². The van der Waals surface area contributed by atoms with Crippen molar-refractivity contribution in [2.24, 2.45) is 0 Å². The Morgan fingerprint density at radius 2 is 2.24 bits per heavy atom. The van der Waals surface area contributed by atoms with E-state index in [0.717, 1.165) is 0 Å². The van der Waals surface area contributed by atoms with Gasteiger partial charge in [-0.15, -0.1) is 0 Å². The van der Waals surface area contributed by atoms with Gasteiger partial charge in [0, 0.05) is 12.7 Å². The van der Waals surface area contributed by atoms with Crippen LogP contribution in [0.5, 0.6) is 0 Å². The summed E-state index contributed by atoms with van der Waals surface area (Å²) in [6.45, 7) is 6.25. The summed E-state index contributed by atoms with van der Waals surface area (Å²) in [5, 5.41) is 6.03. The van der Waals surface area contributed by atoms with E-state index in [2.05, 4.69) is 20.6 Å². The van der Waals surface area contributed by atoms with Crippen molar-refractivity contribution in [3.8, 4) is 0 Å². The Kier molecular flexibility index (Phi) is 4.69. The molecule has 1 aromatic rings. The van der Waals surface area contributed by atoms with Gasteiger partial charge in [-0.2, -0.15) is 0 Å². The molecule has 0 radical (unpaired) electrons. The van der Waals surface area contributed by atoms with Crippen LogP contribution in [0.2, 0.25) is 5.28 Å². The van der Waals surface area contributed by atoms with Gasteiger partial charge in [-0.1, -0.05) is 6.92 Å². The van der Waals surface area contributed by atoms with Crippen LogP contribution in [0.25, 0.3) is 0 Å². The fourth-order valence-electron chi connectivity index (χ4n) is 1.35. The number of hydrogen-bond acceptors (Lipinski definition) is 4. The van der Waals surface area contributed by atoms with Crippen LogP contribution >= 0.6 is 11.6 Å². The lowest BCUT2D eigenvalue weighted by Gasteiger charge is -2.28. The zero-order valence-electron chi connectivity index (χ0n) is 10.2. The number of nitrogens with one attached hydrogen (secondary N) is 2. The quantitative estimate of drug-likeness (QED) is 0.789. The predicted molar refractivity (Wildman–Crippen MR) is 68.0 cm³/mol. The molecule has 0 aliphatic rings. The molecule has 1 heterocycles. The second kappa shape index (κ2) is 5.82. The molecule has 1 rings (SSSR count). The minimum absolute atomic E-state index is 0.0581. The minimum Gasteiger partial charge on any atom is -0.356 e. The molecule has 1 aromatic heterocycles. The SMILES string of the molecule is CCNC(=O)[C@@](C)(CC)Nc1ccnc(Cl)n1. The second-order valence-electron chi connectivity index (χ2n) is 3.88. The molecule has 1 amide bonds. The number of carbonyl (C=O) groups is 1. The van der Waals surface area contributed by atoms with Crippen molar-refractivity contribution < 1.29 is 4.79 Å². The van der Waals surface area contributed by atoms with E-state index >= 15 is 0 Å². The molecule has 1 atom stereocenters. The van der Waals surface area contributed by atoms with E-state index in [0.29, 0.717) is 18.8 Å². The van der Waals surface area contributed by atoms with Crippen LogP contribution in [0.4, 0.5) is 5.82 Å². The molecule has 0 aromatic carbocycles. The van der Waals surface area contributed by atoms with Crippen molar-refractivity contribution in [2.75, 3.05) is 11.9 Å². The normalized spacial score (nSPS) is 13.9. The van der Waals surface area contributed by atoms with E-state index in [1.807, 2.05) is 20.8 Å². The van der Waals surface area contributed by atoms with Gasteiger partial charge in [0.1, 0.15) is 11.4 Å². The van der Waals surface area contributed by atoms with Gasteiger partial charge in [0.2, 0.25) is 11.2 Å². The lowest BCUT2D eigenvalue weighted by molar-refractivity contribution is -0.125. The maximum Gasteiger partial charge on any atom is 0.245 e. The van der Waals surface area contributed by atoms with Gasteiger partial charge < -0.3 is 10.6 Å². The fraction of sp³-hybridized carbons (Fsp3) is 0.545. The van der Waals surface area contributed by atoms with Gasteiger partial charge in [-0.3, -0.25) is 4.79 Å². The Balaban J connectivity index is 2.85. The molecule has 0 fully saturated rings. The Morgan fingerprint density at radius 1 is 1.53 bits per heavy atom. The summed E-state index contributed by atoms with van der Waals surface area (Å²) >= 11 is 5.69. The Bertz CT molecular complexity index is 399. The van der Waals surface area contributed by atoms with Crippen molar-refractivity contribution in [3.05, 3.63) is 17.5 Å². The molecule has 5 nitrogen and oxygen atoms in total. The highest BCUT2D eigenvalue weighted by Gasteiger charge is 2.30. The van der Waals surface area contributed by atoms with Crippen molar-refractivity contribution in [3.63, 3.8) is 0 Å². The van der Waals surface area contributed by atoms with E-state index in [4.69, 9.17) is 11.6 Å². The maximum atomic E-state index is 11.9. The number of amides is 1. The molecule has 6 heteroatoms. The van der Waals surface area contributed by atoms with Crippen LogP contribution < -0.4 is 10.6 Å². The third kappa shape index (κ3) is 3.56. The van der Waals surface area contributed by atoms with Crippen LogP contribution in [-0.2, 0) is 4.79 Å². The summed E-state index contributed by atoms with van der Waals surface area (Å²) in [6, 6.07) is 1.68. The summed E-state index contributed by atoms with van der Waals surface area (Å²) in [4.78, 5) is 19.7. The number of anilines is 1. The fourth-order valence-corrected chi connectivity index (χ4v) is 1.50. The zero-order valence-corrected chi connectivity index (χ0v) is 11.0. The van der Waals surface area contributed by atoms with Crippen molar-refractivity contribution >= 4 is 23.3 Å². The van der Waals surface area contributed by atoms with Crippen molar-refractivity contribution in [2.45, 2.75) is 32.7 Å². The lowest BCUT2D eigenvalue weighted by atomic mass is 9.97. The molecule has 0 saturated carbocycles. The largest absolute Gasteiger partial charge is 0.356 e. The number of rotatable bonds is 5. The smallest absolute Gasteiger partial charge is 0.245 e. The van der Waals surface area contributed by atoms with Crippen LogP contribution in [0.15, 0.2) is 12.3 Å². The van der Waals surface area contributed by atoms with E-state index in [1.54, 1.807) is 12.3 Å². The molecule has 0 spiro atoms.